The summed E-state index contributed by atoms with van der Waals surface area (Å²) in [5.41, 5.74) is 1.91. The maximum Gasteiger partial charge on any atom is 0.376 e. The highest BCUT2D eigenvalue weighted by Gasteiger charge is 2.28. The van der Waals surface area contributed by atoms with Gasteiger partial charge >= 0.3 is 7.05 Å². The molecule has 1 aromatic carbocycles. The summed E-state index contributed by atoms with van der Waals surface area (Å²) < 4.78 is 0.883. The first-order chi connectivity index (χ1) is 13.9. The number of hydrogen-bond acceptors (Lipinski definition) is 6. The fraction of sp³-hybridized carbons (Fsp3) is 0.450. The van der Waals surface area contributed by atoms with Crippen molar-refractivity contribution >= 4 is 47.1 Å². The predicted octanol–water partition coefficient (Wildman–Crippen LogP) is 2.47. The van der Waals surface area contributed by atoms with Crippen molar-refractivity contribution in [1.29, 1.82) is 0 Å². The Hall–Kier alpha value is -1.72. The van der Waals surface area contributed by atoms with Gasteiger partial charge in [-0.05, 0) is 47.5 Å². The van der Waals surface area contributed by atoms with Gasteiger partial charge in [-0.15, -0.1) is 0 Å². The number of piperazine rings is 1. The average molecular weight is 507 g/mol. The van der Waals surface area contributed by atoms with Crippen LogP contribution in [0.3, 0.4) is 0 Å². The zero-order valence-electron chi connectivity index (χ0n) is 17.1. The summed E-state index contributed by atoms with van der Waals surface area (Å²) in [5, 5.41) is 9.80. The number of carbonyl (C=O) groups excluding carboxylic acids is 1. The number of aromatic nitrogens is 2. The largest absolute Gasteiger partial charge is 0.437 e. The lowest BCUT2D eigenvalue weighted by molar-refractivity contribution is -0.118. The molecule has 0 bridgehead atoms. The molecule has 29 heavy (non-hydrogen) atoms. The molecule has 154 valence electrons. The van der Waals surface area contributed by atoms with E-state index in [0.717, 1.165) is 46.9 Å². The second-order valence-corrected chi connectivity index (χ2v) is 8.47. The van der Waals surface area contributed by atoms with Crippen LogP contribution >= 0.6 is 22.6 Å². The Labute approximate surface area is 186 Å². The third-order valence-corrected chi connectivity index (χ3v) is 6.31. The molecule has 1 aliphatic heterocycles. The Bertz CT molecular complexity index is 831. The van der Waals surface area contributed by atoms with Crippen LogP contribution in [0.25, 0.3) is 0 Å². The molecule has 1 fully saturated rings. The molecule has 2 heterocycles. The van der Waals surface area contributed by atoms with Gasteiger partial charge in [0.2, 0.25) is 5.91 Å². The molecule has 1 N–H and O–H groups in total. The van der Waals surface area contributed by atoms with E-state index in [1.807, 2.05) is 42.2 Å². The van der Waals surface area contributed by atoms with E-state index in [9.17, 15) is 9.82 Å². The Balaban J connectivity index is 1.75. The molecule has 1 aliphatic rings. The molecule has 0 aliphatic carbocycles. The van der Waals surface area contributed by atoms with Crippen molar-refractivity contribution in [2.24, 2.45) is 0 Å². The quantitative estimate of drug-likeness (QED) is 0.368. The van der Waals surface area contributed by atoms with Crippen LogP contribution in [-0.4, -0.2) is 66.0 Å². The first kappa shape index (κ1) is 22.0. The minimum Gasteiger partial charge on any atom is -0.437 e. The smallest absolute Gasteiger partial charge is 0.376 e. The van der Waals surface area contributed by atoms with Crippen LogP contribution in [0.4, 0.5) is 11.5 Å². The van der Waals surface area contributed by atoms with E-state index in [1.165, 1.54) is 0 Å². The van der Waals surface area contributed by atoms with E-state index in [2.05, 4.69) is 44.4 Å². The Kier molecular flexibility index (Phi) is 7.47. The van der Waals surface area contributed by atoms with Crippen LogP contribution in [0, 0.1) is 3.70 Å². The molecule has 7 nitrogen and oxygen atoms in total. The van der Waals surface area contributed by atoms with Crippen molar-refractivity contribution in [2.45, 2.75) is 26.1 Å². The van der Waals surface area contributed by atoms with Gasteiger partial charge in [0, 0.05) is 50.9 Å². The summed E-state index contributed by atoms with van der Waals surface area (Å²) in [6, 6.07) is 9.68. The topological polar surface area (TPSA) is 72.8 Å². The first-order valence-corrected chi connectivity index (χ1v) is 11.0. The zero-order chi connectivity index (χ0) is 21.0. The molecule has 0 spiro atoms. The minimum absolute atomic E-state index is 0.00782. The highest BCUT2D eigenvalue weighted by Crippen LogP contribution is 2.32. The van der Waals surface area contributed by atoms with Crippen LogP contribution in [-0.2, 0) is 4.79 Å². The lowest BCUT2D eigenvalue weighted by Crippen LogP contribution is -2.52. The van der Waals surface area contributed by atoms with Crippen molar-refractivity contribution in [3.05, 3.63) is 45.9 Å². The van der Waals surface area contributed by atoms with Gasteiger partial charge in [-0.1, -0.05) is 25.1 Å². The summed E-state index contributed by atoms with van der Waals surface area (Å²) in [4.78, 5) is 27.8. The van der Waals surface area contributed by atoms with Crippen molar-refractivity contribution in [1.82, 2.24) is 14.8 Å². The third kappa shape index (κ3) is 5.26. The maximum atomic E-state index is 12.9. The molecule has 9 heteroatoms. The lowest BCUT2D eigenvalue weighted by Gasteiger charge is -2.37. The minimum atomic E-state index is -0.438. The van der Waals surface area contributed by atoms with E-state index in [4.69, 9.17) is 0 Å². The molecule has 0 radical (unpaired) electrons. The Morgan fingerprint density at radius 1 is 1.24 bits per heavy atom. The van der Waals surface area contributed by atoms with Gasteiger partial charge in [0.1, 0.15) is 15.8 Å². The number of anilines is 2. The highest BCUT2D eigenvalue weighted by atomic mass is 127. The number of rotatable bonds is 6. The van der Waals surface area contributed by atoms with Crippen LogP contribution in [0.5, 0.6) is 0 Å². The summed E-state index contributed by atoms with van der Waals surface area (Å²) >= 11 is 2.23. The zero-order valence-corrected chi connectivity index (χ0v) is 19.3. The van der Waals surface area contributed by atoms with Crippen LogP contribution < -0.4 is 9.80 Å². The van der Waals surface area contributed by atoms with Gasteiger partial charge in [0.25, 0.3) is 0 Å². The summed E-state index contributed by atoms with van der Waals surface area (Å²) in [6.45, 7) is 6.99. The second-order valence-electron chi connectivity index (χ2n) is 7.45. The average Bonchev–Trinajstić information content (AvgIpc) is 2.73. The number of para-hydroxylation sites is 1. The monoisotopic (exact) mass is 507 g/mol. The van der Waals surface area contributed by atoms with E-state index in [0.29, 0.717) is 6.42 Å². The molecule has 3 rings (SSSR count). The van der Waals surface area contributed by atoms with Crippen molar-refractivity contribution in [3.8, 4) is 0 Å². The molecule has 1 atom stereocenters. The number of benzene rings is 1. The standard InChI is InChI=1S/C20H27BIN5O2/c1-15(13-17(28)25(3)16-7-5-4-6-8-16)18-19(22)23-14-24-20(18)26-9-11-27(12-10-26)21(2)29/h4-8,14-15,29H,9-13H2,1-3H3/t15-/m1/s1. The lowest BCUT2D eigenvalue weighted by atomic mass is 9.84. The normalized spacial score (nSPS) is 15.8. The molecule has 0 unspecified atom stereocenters. The number of amides is 1. The van der Waals surface area contributed by atoms with Gasteiger partial charge in [-0.2, -0.15) is 0 Å². The molecule has 2 aromatic rings. The summed E-state index contributed by atoms with van der Waals surface area (Å²) in [7, 11) is 1.37. The fourth-order valence-corrected chi connectivity index (χ4v) is 4.54. The van der Waals surface area contributed by atoms with Gasteiger partial charge in [0.15, 0.2) is 0 Å². The maximum absolute atomic E-state index is 12.9. The molecular formula is C20H27BIN5O2. The molecule has 0 saturated carbocycles. The molecule has 1 amide bonds. The van der Waals surface area contributed by atoms with Gasteiger partial charge in [-0.3, -0.25) is 4.79 Å². The van der Waals surface area contributed by atoms with Crippen LogP contribution in [0.15, 0.2) is 36.7 Å². The fourth-order valence-electron chi connectivity index (χ4n) is 3.65. The van der Waals surface area contributed by atoms with Crippen molar-refractivity contribution in [2.75, 3.05) is 43.0 Å². The SMILES string of the molecule is CB(O)N1CCN(c2ncnc(I)c2[C@H](C)CC(=O)N(C)c2ccccc2)CC1. The Morgan fingerprint density at radius 2 is 1.90 bits per heavy atom. The first-order valence-electron chi connectivity index (χ1n) is 9.87. The van der Waals surface area contributed by atoms with Crippen molar-refractivity contribution in [3.63, 3.8) is 0 Å². The summed E-state index contributed by atoms with van der Waals surface area (Å²) in [6.07, 6.45) is 1.97. The molecule has 1 saturated heterocycles. The van der Waals surface area contributed by atoms with Crippen molar-refractivity contribution < 1.29 is 9.82 Å². The van der Waals surface area contributed by atoms with Crippen LogP contribution in [0.1, 0.15) is 24.8 Å². The van der Waals surface area contributed by atoms with Crippen LogP contribution in [0.2, 0.25) is 6.82 Å². The van der Waals surface area contributed by atoms with Gasteiger partial charge in [0.05, 0.1) is 0 Å². The van der Waals surface area contributed by atoms with E-state index >= 15 is 0 Å². The van der Waals surface area contributed by atoms with E-state index < -0.39 is 7.05 Å². The van der Waals surface area contributed by atoms with Gasteiger partial charge in [-0.25, -0.2) is 9.97 Å². The summed E-state index contributed by atoms with van der Waals surface area (Å²) in [5.74, 6) is 0.956. The Morgan fingerprint density at radius 3 is 2.52 bits per heavy atom. The van der Waals surface area contributed by atoms with E-state index in [-0.39, 0.29) is 11.8 Å². The number of hydrogen-bond donors (Lipinski definition) is 1. The number of nitrogens with zero attached hydrogens (tertiary/aromatic N) is 5. The predicted molar refractivity (Wildman–Crippen MR) is 125 cm³/mol. The third-order valence-electron chi connectivity index (χ3n) is 5.45. The molecular weight excluding hydrogens is 480 g/mol. The highest BCUT2D eigenvalue weighted by molar-refractivity contribution is 14.1. The van der Waals surface area contributed by atoms with Gasteiger partial charge < -0.3 is 19.6 Å². The number of halogens is 1. The second kappa shape index (κ2) is 9.86. The molecule has 1 aromatic heterocycles. The number of carbonyl (C=O) groups is 1. The van der Waals surface area contributed by atoms with E-state index in [1.54, 1.807) is 18.1 Å².